The van der Waals surface area contributed by atoms with Gasteiger partial charge in [0.15, 0.2) is 46.1 Å². The van der Waals surface area contributed by atoms with Gasteiger partial charge in [-0.05, 0) is 48.1 Å². The van der Waals surface area contributed by atoms with Crippen LogP contribution in [0, 0.1) is 0 Å². The van der Waals surface area contributed by atoms with E-state index in [0.717, 1.165) is 0 Å². The van der Waals surface area contributed by atoms with Gasteiger partial charge >= 0.3 is 13.5 Å². The number of nitrogens with two attached hydrogens (primary N) is 1. The highest BCUT2D eigenvalue weighted by atomic mass is 32.7. The predicted octanol–water partition coefficient (Wildman–Crippen LogP) is 5.19. The Labute approximate surface area is 347 Å². The van der Waals surface area contributed by atoms with Gasteiger partial charge in [-0.2, -0.15) is 5.10 Å². The van der Waals surface area contributed by atoms with Crippen molar-refractivity contribution in [2.45, 2.75) is 127 Å². The van der Waals surface area contributed by atoms with Crippen LogP contribution in [-0.2, 0) is 52.8 Å². The molecule has 10 atom stereocenters. The smallest absolute Gasteiger partial charge is 0.386 e. The van der Waals surface area contributed by atoms with E-state index in [1.54, 1.807) is 4.57 Å². The fourth-order valence-corrected chi connectivity index (χ4v) is 12.0. The van der Waals surface area contributed by atoms with Gasteiger partial charge in [0.05, 0.1) is 37.6 Å². The van der Waals surface area contributed by atoms with E-state index in [1.807, 2.05) is 13.1 Å². The third-order valence-corrected chi connectivity index (χ3v) is 23.8. The van der Waals surface area contributed by atoms with E-state index in [4.69, 9.17) is 54.0 Å². The van der Waals surface area contributed by atoms with E-state index in [-0.39, 0.29) is 28.0 Å². The van der Waals surface area contributed by atoms with Gasteiger partial charge in [-0.1, -0.05) is 53.8 Å². The monoisotopic (exact) mass is 919 g/mol. The molecule has 4 aromatic rings. The number of thiol groups is 1. The van der Waals surface area contributed by atoms with E-state index in [0.29, 0.717) is 16.7 Å². The lowest BCUT2D eigenvalue weighted by Crippen LogP contribution is -2.50. The number of nitrogen functional groups attached to an aromatic ring is 1. The van der Waals surface area contributed by atoms with Crippen LogP contribution in [0.2, 0.25) is 36.3 Å². The van der Waals surface area contributed by atoms with E-state index in [1.165, 1.54) is 29.7 Å². The number of nitrogens with zero attached hydrogens (tertiary/aromatic N) is 7. The van der Waals surface area contributed by atoms with E-state index in [9.17, 15) is 14.3 Å². The molecule has 26 heteroatoms. The zero-order valence-electron chi connectivity index (χ0n) is 33.8. The highest BCUT2D eigenvalue weighted by Crippen LogP contribution is 2.59. The van der Waals surface area contributed by atoms with Crippen LogP contribution in [-0.4, -0.2) is 111 Å². The van der Waals surface area contributed by atoms with E-state index < -0.39 is 91.4 Å². The summed E-state index contributed by atoms with van der Waals surface area (Å²) >= 11 is 10.2. The molecular weight excluding hydrogens is 869 g/mol. The molecule has 0 aromatic carbocycles. The molecule has 4 N–H and O–H groups in total. The number of hydrogen-bond acceptors (Lipinski definition) is 17. The molecule has 7 rings (SSSR count). The summed E-state index contributed by atoms with van der Waals surface area (Å²) in [6.07, 6.45) is -2.83. The Hall–Kier alpha value is -2.00. The van der Waals surface area contributed by atoms with Crippen molar-refractivity contribution in [1.29, 1.82) is 0 Å². The van der Waals surface area contributed by atoms with Gasteiger partial charge < -0.3 is 33.5 Å². The molecule has 0 radical (unpaired) electrons. The second-order valence-electron chi connectivity index (χ2n) is 17.7. The van der Waals surface area contributed by atoms with Crippen LogP contribution in [0.25, 0.3) is 22.2 Å². The quantitative estimate of drug-likeness (QED) is 0.110. The Kier molecular flexibility index (Phi) is 11.7. The second kappa shape index (κ2) is 15.4. The summed E-state index contributed by atoms with van der Waals surface area (Å²) < 4.78 is 69.8. The summed E-state index contributed by atoms with van der Waals surface area (Å²) in [4.78, 5) is 41.7. The van der Waals surface area contributed by atoms with E-state index >= 15 is 0 Å². The summed E-state index contributed by atoms with van der Waals surface area (Å²) in [5, 5.41) is 5.74. The summed E-state index contributed by atoms with van der Waals surface area (Å²) in [6.45, 7) is 11.3. The number of hydrogen-bond donors (Lipinski definition) is 4. The van der Waals surface area contributed by atoms with Crippen molar-refractivity contribution in [2.24, 2.45) is 0 Å². The van der Waals surface area contributed by atoms with Crippen LogP contribution in [0.3, 0.4) is 0 Å². The van der Waals surface area contributed by atoms with Crippen LogP contribution in [0.1, 0.15) is 54.0 Å². The Balaban J connectivity index is 1.30. The highest BCUT2D eigenvalue weighted by molar-refractivity contribution is 8.44. The largest absolute Gasteiger partial charge is 0.408 e. The fraction of sp³-hybridized carbons (Fsp3) is 0.688. The zero-order valence-corrected chi connectivity index (χ0v) is 39.3. The minimum Gasteiger partial charge on any atom is -0.408 e. The number of aromatic amines is 1. The number of imidazole rings is 2. The maximum Gasteiger partial charge on any atom is 0.386 e. The molecule has 320 valence electrons. The Morgan fingerprint density at radius 1 is 0.879 bits per heavy atom. The standard InChI is InChI=1S/C32H51N9O11P2S2Si2/c1-31(2,3)57(7,8)51-23-19-13-46-53(43,55)49-22-18(12-45-54(44,56)50-24(23)29(48-19)40-15-36-20-17(40)11-38-39-28(20)42)47-30(25(22)52-58(9,10)32(4,5)6)41-16-37-21-26(33)34-14-35-27(21)41/h11,14-16,18-19,22-25,29-30H,12-13H2,1-10H3,(H,39,42)(H,43,55)(H,44,56)(H2,33,34,35)/t18-,19-,22-,23-,24-,25-,29-,30-,53?,54?/m1/s1. The molecule has 7 heterocycles. The zero-order chi connectivity index (χ0) is 42.4. The summed E-state index contributed by atoms with van der Waals surface area (Å²) in [6, 6.07) is 0. The minimum atomic E-state index is -4.36. The second-order valence-corrected chi connectivity index (χ2v) is 32.8. The average molecular weight is 920 g/mol. The van der Waals surface area contributed by atoms with Crippen molar-refractivity contribution in [3.8, 4) is 0 Å². The molecule has 3 aliphatic heterocycles. The van der Waals surface area contributed by atoms with Gasteiger partial charge in [0.2, 0.25) is 0 Å². The van der Waals surface area contributed by atoms with Crippen LogP contribution < -0.4 is 11.3 Å². The first-order valence-corrected chi connectivity index (χ1v) is 29.7. The molecular formula is C32H51N9O11P2S2Si2. The van der Waals surface area contributed by atoms with Crippen LogP contribution in [0.15, 0.2) is 30.0 Å². The van der Waals surface area contributed by atoms with Gasteiger partial charge in [0.25, 0.3) is 5.56 Å². The summed E-state index contributed by atoms with van der Waals surface area (Å²) in [5.74, 6) is 0.163. The molecule has 0 spiro atoms. The van der Waals surface area contributed by atoms with Gasteiger partial charge in [0, 0.05) is 0 Å². The SMILES string of the molecule is CC(C)(C)[Si](C)(C)O[C@@H]1[C@@H]2OP(O)(=S)OC[C@H]3O[C@@H](n4cnc5c(=O)[nH]ncc54)[C@H](OP(=O)(S)OC[C@H]2O[C@H]1n1cnc2c(N)ncnc21)[C@@H]3O[Si](C)(C)C(C)(C)C. The molecule has 3 saturated heterocycles. The first kappa shape index (κ1) is 44.1. The lowest BCUT2D eigenvalue weighted by Gasteiger charge is -2.41. The van der Waals surface area contributed by atoms with Crippen molar-refractivity contribution < 1.29 is 45.9 Å². The Bertz CT molecular complexity index is 2340. The van der Waals surface area contributed by atoms with Crippen LogP contribution >= 0.6 is 25.8 Å². The first-order valence-electron chi connectivity index (χ1n) is 18.6. The molecule has 2 bridgehead atoms. The molecule has 3 fully saturated rings. The molecule has 0 aliphatic carbocycles. The van der Waals surface area contributed by atoms with Gasteiger partial charge in [0.1, 0.15) is 48.5 Å². The number of fused-ring (bicyclic) bond motifs is 5. The first-order chi connectivity index (χ1) is 26.8. The molecule has 4 aromatic heterocycles. The summed E-state index contributed by atoms with van der Waals surface area (Å²) in [7, 11) is -5.29. The van der Waals surface area contributed by atoms with Crippen LogP contribution in [0.4, 0.5) is 5.82 Å². The molecule has 58 heavy (non-hydrogen) atoms. The number of aromatic nitrogens is 8. The van der Waals surface area contributed by atoms with Crippen molar-refractivity contribution >= 4 is 82.2 Å². The number of ether oxygens (including phenoxy) is 2. The molecule has 0 saturated carbocycles. The Morgan fingerprint density at radius 2 is 1.48 bits per heavy atom. The predicted molar refractivity (Wildman–Crippen MR) is 225 cm³/mol. The lowest BCUT2D eigenvalue weighted by molar-refractivity contribution is -0.0584. The third kappa shape index (κ3) is 8.45. The number of H-pyrrole nitrogens is 1. The number of nitrogens with one attached hydrogen (secondary N) is 1. The Morgan fingerprint density at radius 3 is 2.16 bits per heavy atom. The fourth-order valence-electron chi connectivity index (χ4n) is 6.51. The third-order valence-electron chi connectivity index (χ3n) is 11.7. The maximum atomic E-state index is 14.5. The summed E-state index contributed by atoms with van der Waals surface area (Å²) in [5.41, 5.74) is 6.71. The van der Waals surface area contributed by atoms with Crippen LogP contribution in [0.5, 0.6) is 0 Å². The van der Waals surface area contributed by atoms with Crippen molar-refractivity contribution in [3.05, 3.63) is 35.5 Å². The maximum absolute atomic E-state index is 14.5. The van der Waals surface area contributed by atoms with Crippen molar-refractivity contribution in [1.82, 2.24) is 39.3 Å². The number of anilines is 1. The number of rotatable bonds is 6. The normalized spacial score (nSPS) is 33.2. The van der Waals surface area contributed by atoms with Gasteiger partial charge in [-0.25, -0.2) is 29.6 Å². The van der Waals surface area contributed by atoms with Gasteiger partial charge in [-0.3, -0.25) is 27.5 Å². The topological polar surface area (TPSA) is 244 Å². The molecule has 0 amide bonds. The minimum absolute atomic E-state index is 0.0890. The van der Waals surface area contributed by atoms with Crippen molar-refractivity contribution in [2.75, 3.05) is 18.9 Å². The highest BCUT2D eigenvalue weighted by Gasteiger charge is 2.57. The van der Waals surface area contributed by atoms with E-state index in [2.05, 4.69) is 97.0 Å². The molecule has 3 aliphatic rings. The average Bonchev–Trinajstić information content (AvgIpc) is 3.87. The molecule has 2 unspecified atom stereocenters. The van der Waals surface area contributed by atoms with Crippen molar-refractivity contribution in [3.63, 3.8) is 0 Å². The van der Waals surface area contributed by atoms with Gasteiger partial charge in [-0.15, -0.1) is 0 Å². The lowest BCUT2D eigenvalue weighted by atomic mass is 10.1. The molecule has 20 nitrogen and oxygen atoms in total.